The number of sulfonamides is 1. The van der Waals surface area contributed by atoms with Crippen molar-refractivity contribution in [1.82, 2.24) is 9.62 Å². The summed E-state index contributed by atoms with van der Waals surface area (Å²) in [4.78, 5) is 14.4. The Morgan fingerprint density at radius 3 is 2.57 bits per heavy atom. The van der Waals surface area contributed by atoms with E-state index < -0.39 is 15.9 Å². The zero-order valence-corrected chi connectivity index (χ0v) is 16.0. The Kier molecular flexibility index (Phi) is 4.95. The highest BCUT2D eigenvalue weighted by Crippen LogP contribution is 2.35. The molecule has 2 heterocycles. The predicted octanol–water partition coefficient (Wildman–Crippen LogP) is 2.32. The number of hydrogen-bond donors (Lipinski definition) is 1. The van der Waals surface area contributed by atoms with Crippen LogP contribution in [0.1, 0.15) is 18.4 Å². The number of likely N-dealkylation sites (tertiary alicyclic amines) is 1. The van der Waals surface area contributed by atoms with Gasteiger partial charge in [0.05, 0.1) is 6.42 Å². The Hall–Kier alpha value is -2.29. The standard InChI is InChI=1S/C20H21FN2O4S/c21-16-7-5-15(6-8-16)13-19(24)23-11-9-20(10-12-23)14-27-17-3-1-2-4-18(17)28(25,26)22-20/h1-8H,9-14H2,(H-,22,25,26). The van der Waals surface area contributed by atoms with Gasteiger partial charge in [0, 0.05) is 13.1 Å². The van der Waals surface area contributed by atoms with Gasteiger partial charge in [-0.05, 0) is 42.7 Å². The van der Waals surface area contributed by atoms with E-state index in [1.165, 1.54) is 18.2 Å². The molecule has 1 atom stereocenters. The summed E-state index contributed by atoms with van der Waals surface area (Å²) in [5.74, 6) is -0.0402. The smallest absolute Gasteiger partial charge is 0.226 e. The van der Waals surface area contributed by atoms with Gasteiger partial charge in [0.25, 0.3) is 0 Å². The van der Waals surface area contributed by atoms with E-state index in [9.17, 15) is 17.9 Å². The van der Waals surface area contributed by atoms with Gasteiger partial charge < -0.3 is 14.2 Å². The van der Waals surface area contributed by atoms with E-state index in [1.807, 2.05) is 0 Å². The maximum absolute atomic E-state index is 13.0. The fourth-order valence-corrected chi connectivity index (χ4v) is 5.29. The summed E-state index contributed by atoms with van der Waals surface area (Å²) in [6.45, 7) is 1.09. The maximum atomic E-state index is 13.0. The minimum atomic E-state index is -3.69. The van der Waals surface area contributed by atoms with Crippen LogP contribution in [0.3, 0.4) is 0 Å². The number of para-hydroxylation sites is 1. The number of carbonyl (C=O) groups is 1. The summed E-state index contributed by atoms with van der Waals surface area (Å²) >= 11 is 0. The van der Waals surface area contributed by atoms with Gasteiger partial charge in [0.15, 0.2) is 16.1 Å². The van der Waals surface area contributed by atoms with Crippen molar-refractivity contribution >= 4 is 16.3 Å². The Bertz CT molecular complexity index is 926. The van der Waals surface area contributed by atoms with Crippen LogP contribution in [0.25, 0.3) is 0 Å². The van der Waals surface area contributed by atoms with E-state index in [0.717, 1.165) is 5.56 Å². The van der Waals surface area contributed by atoms with E-state index >= 15 is 0 Å². The molecule has 28 heavy (non-hydrogen) atoms. The third-order valence-corrected chi connectivity index (χ3v) is 6.95. The molecule has 0 aliphatic carbocycles. The molecule has 0 bridgehead atoms. The zero-order valence-electron chi connectivity index (χ0n) is 15.2. The summed E-state index contributed by atoms with van der Waals surface area (Å²) in [5.41, 5.74) is 0.0190. The van der Waals surface area contributed by atoms with Gasteiger partial charge in [-0.1, -0.05) is 28.5 Å². The van der Waals surface area contributed by atoms with Crippen molar-refractivity contribution < 1.29 is 22.7 Å². The average Bonchev–Trinajstić information content (AvgIpc) is 2.79. The van der Waals surface area contributed by atoms with Gasteiger partial charge in [0.2, 0.25) is 10.8 Å². The van der Waals surface area contributed by atoms with Gasteiger partial charge in [0.1, 0.15) is 18.0 Å². The first kappa shape index (κ1) is 19.0. The second-order valence-electron chi connectivity index (χ2n) is 7.31. The van der Waals surface area contributed by atoms with Crippen LogP contribution in [0.15, 0.2) is 53.4 Å². The van der Waals surface area contributed by atoms with Gasteiger partial charge in [-0.15, -0.1) is 4.72 Å². The van der Waals surface area contributed by atoms with Crippen LogP contribution < -0.4 is 9.46 Å². The third-order valence-electron chi connectivity index (χ3n) is 5.34. The number of halogens is 1. The molecule has 6 nitrogen and oxygen atoms in total. The highest BCUT2D eigenvalue weighted by molar-refractivity contribution is 7.96. The van der Waals surface area contributed by atoms with E-state index in [4.69, 9.17) is 4.74 Å². The number of carbonyl (C=O) groups excluding carboxylic acids is 1. The molecule has 2 aromatic carbocycles. The summed E-state index contributed by atoms with van der Waals surface area (Å²) in [5, 5.41) is 0. The Balaban J connectivity index is 1.43. The van der Waals surface area contributed by atoms with Gasteiger partial charge in [-0.2, -0.15) is 0 Å². The van der Waals surface area contributed by atoms with Crippen LogP contribution in [-0.2, 0) is 25.8 Å². The first-order valence-corrected chi connectivity index (χ1v) is 10.6. The minimum absolute atomic E-state index is 0.0536. The summed E-state index contributed by atoms with van der Waals surface area (Å²) in [6.07, 6.45) is 1.13. The third kappa shape index (κ3) is 3.80. The molecule has 1 unspecified atom stereocenters. The minimum Gasteiger partial charge on any atom is -0.593 e. The molecule has 2 aromatic rings. The molecule has 1 fully saturated rings. The zero-order chi connectivity index (χ0) is 19.8. The molecule has 1 saturated heterocycles. The number of fused-ring (bicyclic) bond motifs is 1. The largest absolute Gasteiger partial charge is 0.593 e. The van der Waals surface area contributed by atoms with Crippen LogP contribution in [0.5, 0.6) is 5.75 Å². The lowest BCUT2D eigenvalue weighted by Gasteiger charge is -2.40. The molecule has 0 saturated carbocycles. The summed E-state index contributed by atoms with van der Waals surface area (Å²) in [6, 6.07) is 12.4. The van der Waals surface area contributed by atoms with Gasteiger partial charge in [-0.25, -0.2) is 4.39 Å². The Morgan fingerprint density at radius 1 is 1.18 bits per heavy atom. The van der Waals surface area contributed by atoms with E-state index in [1.54, 1.807) is 35.2 Å². The van der Waals surface area contributed by atoms with Crippen LogP contribution in [0, 0.1) is 5.82 Å². The van der Waals surface area contributed by atoms with E-state index in [0.29, 0.717) is 31.7 Å². The topological polar surface area (TPSA) is 81.7 Å². The van der Waals surface area contributed by atoms with E-state index in [-0.39, 0.29) is 29.6 Å². The molecule has 4 rings (SSSR count). The number of nitrogens with zero attached hydrogens (tertiary/aromatic N) is 1. The normalized spacial score (nSPS) is 23.6. The predicted molar refractivity (Wildman–Crippen MR) is 101 cm³/mol. The second kappa shape index (κ2) is 7.27. The van der Waals surface area contributed by atoms with Crippen LogP contribution in [0.2, 0.25) is 0 Å². The van der Waals surface area contributed by atoms with Crippen LogP contribution in [0.4, 0.5) is 4.39 Å². The van der Waals surface area contributed by atoms with Gasteiger partial charge in [-0.3, -0.25) is 4.79 Å². The lowest BCUT2D eigenvalue weighted by atomic mass is 9.89. The molecule has 2 aliphatic rings. The van der Waals surface area contributed by atoms with Crippen molar-refractivity contribution in [2.24, 2.45) is 0 Å². The van der Waals surface area contributed by atoms with Gasteiger partial charge >= 0.3 is 0 Å². The van der Waals surface area contributed by atoms with Crippen molar-refractivity contribution in [2.75, 3.05) is 19.7 Å². The number of hydrogen-bond acceptors (Lipinski definition) is 4. The van der Waals surface area contributed by atoms with Crippen molar-refractivity contribution in [3.8, 4) is 5.75 Å². The molecular formula is C20H21FN2O4S. The monoisotopic (exact) mass is 404 g/mol. The van der Waals surface area contributed by atoms with E-state index in [2.05, 4.69) is 4.72 Å². The van der Waals surface area contributed by atoms with Crippen molar-refractivity contribution in [3.05, 3.63) is 59.9 Å². The highest BCUT2D eigenvalue weighted by Gasteiger charge is 2.46. The molecule has 1 amide bonds. The van der Waals surface area contributed by atoms with Crippen molar-refractivity contribution in [3.63, 3.8) is 0 Å². The quantitative estimate of drug-likeness (QED) is 0.779. The lowest BCUT2D eigenvalue weighted by molar-refractivity contribution is -0.132. The first-order chi connectivity index (χ1) is 13.4. The Morgan fingerprint density at radius 2 is 1.86 bits per heavy atom. The molecule has 1 N–H and O–H groups in total. The number of amides is 1. The van der Waals surface area contributed by atoms with Crippen LogP contribution in [-0.4, -0.2) is 40.6 Å². The first-order valence-electron chi connectivity index (χ1n) is 9.15. The molecule has 0 radical (unpaired) electrons. The average molecular weight is 404 g/mol. The number of benzene rings is 2. The maximum Gasteiger partial charge on any atom is 0.226 e. The molecule has 2 aliphatic heterocycles. The number of ether oxygens (including phenoxy) is 1. The molecule has 1 spiro atoms. The fourth-order valence-electron chi connectivity index (χ4n) is 3.70. The SMILES string of the molecule is O=C(Cc1ccc(F)cc1)N1CCC2(CC1)COc1ccccc1[S+](=O)([O-])N2. The summed E-state index contributed by atoms with van der Waals surface area (Å²) in [7, 11) is -3.69. The Labute approximate surface area is 164 Å². The number of piperidine rings is 1. The van der Waals surface area contributed by atoms with Crippen molar-refractivity contribution in [2.45, 2.75) is 29.7 Å². The second-order valence-corrected chi connectivity index (χ2v) is 8.96. The number of rotatable bonds is 2. The molecule has 8 heteroatoms. The van der Waals surface area contributed by atoms with Crippen molar-refractivity contribution in [1.29, 1.82) is 0 Å². The van der Waals surface area contributed by atoms with Crippen LogP contribution >= 0.6 is 0 Å². The molecule has 148 valence electrons. The molecular weight excluding hydrogens is 383 g/mol. The number of nitrogens with one attached hydrogen (secondary N) is 1. The summed E-state index contributed by atoms with van der Waals surface area (Å²) < 4.78 is 47.1. The molecule has 0 aromatic heterocycles. The fraction of sp³-hybridized carbons (Fsp3) is 0.350. The highest BCUT2D eigenvalue weighted by atomic mass is 32.3. The lowest BCUT2D eigenvalue weighted by Crippen LogP contribution is -2.59.